The van der Waals surface area contributed by atoms with Crippen LogP contribution in [0.2, 0.25) is 0 Å². The van der Waals surface area contributed by atoms with E-state index in [2.05, 4.69) is 5.32 Å². The third-order valence-electron chi connectivity index (χ3n) is 2.37. The highest BCUT2D eigenvalue weighted by Crippen LogP contribution is 2.21. The molecule has 0 aromatic heterocycles. The second kappa shape index (κ2) is 5.01. The first-order valence-corrected chi connectivity index (χ1v) is 4.60. The normalized spacial score (nSPS) is 43.9. The molecule has 1 aliphatic rings. The zero-order chi connectivity index (χ0) is 10.7. The van der Waals surface area contributed by atoms with Crippen molar-refractivity contribution in [2.24, 2.45) is 0 Å². The van der Waals surface area contributed by atoms with Gasteiger partial charge in [-0.3, -0.25) is 0 Å². The average Bonchev–Trinajstić information content (AvgIpc) is 2.18. The lowest BCUT2D eigenvalue weighted by Crippen LogP contribution is -2.57. The lowest BCUT2D eigenvalue weighted by Gasteiger charge is -2.38. The monoisotopic (exact) mass is 207 g/mol. The quantitative estimate of drug-likeness (QED) is 0.348. The summed E-state index contributed by atoms with van der Waals surface area (Å²) in [4.78, 5) is 0. The van der Waals surface area contributed by atoms with Gasteiger partial charge in [-0.25, -0.2) is 0 Å². The summed E-state index contributed by atoms with van der Waals surface area (Å²) in [5.74, 6) is 0. The van der Waals surface area contributed by atoms with Gasteiger partial charge in [0.1, 0.15) is 18.3 Å². The highest BCUT2D eigenvalue weighted by Gasteiger charge is 2.42. The maximum absolute atomic E-state index is 9.48. The molecule has 0 aromatic carbocycles. The summed E-state index contributed by atoms with van der Waals surface area (Å²) in [5, 5.41) is 40.0. The van der Waals surface area contributed by atoms with Crippen molar-refractivity contribution < 1.29 is 25.2 Å². The van der Waals surface area contributed by atoms with Crippen molar-refractivity contribution >= 4 is 0 Å². The molecule has 5 atom stereocenters. The van der Waals surface area contributed by atoms with Crippen LogP contribution in [0.25, 0.3) is 0 Å². The van der Waals surface area contributed by atoms with E-state index in [9.17, 15) is 15.3 Å². The Balaban J connectivity index is 2.52. The van der Waals surface area contributed by atoms with Crippen molar-refractivity contribution in [2.75, 3.05) is 13.6 Å². The Morgan fingerprint density at radius 2 is 1.71 bits per heavy atom. The molecule has 14 heavy (non-hydrogen) atoms. The fourth-order valence-corrected chi connectivity index (χ4v) is 1.46. The van der Waals surface area contributed by atoms with Crippen LogP contribution in [-0.2, 0) is 4.74 Å². The zero-order valence-electron chi connectivity index (χ0n) is 8.00. The molecular weight excluding hydrogens is 190 g/mol. The van der Waals surface area contributed by atoms with E-state index in [1.807, 2.05) is 0 Å². The maximum atomic E-state index is 9.48. The Morgan fingerprint density at radius 1 is 1.07 bits per heavy atom. The van der Waals surface area contributed by atoms with Crippen LogP contribution >= 0.6 is 0 Å². The van der Waals surface area contributed by atoms with E-state index in [1.54, 1.807) is 7.05 Å². The number of aliphatic hydroxyl groups excluding tert-OH is 4. The molecule has 1 unspecified atom stereocenters. The molecule has 0 aromatic rings. The van der Waals surface area contributed by atoms with Gasteiger partial charge >= 0.3 is 0 Å². The van der Waals surface area contributed by atoms with Gasteiger partial charge in [-0.15, -0.1) is 0 Å². The number of rotatable bonds is 3. The average molecular weight is 207 g/mol. The minimum Gasteiger partial charge on any atom is -0.388 e. The van der Waals surface area contributed by atoms with Gasteiger partial charge < -0.3 is 30.5 Å². The van der Waals surface area contributed by atoms with E-state index >= 15 is 0 Å². The molecule has 0 bridgehead atoms. The largest absolute Gasteiger partial charge is 0.388 e. The molecule has 0 saturated carbocycles. The van der Waals surface area contributed by atoms with Crippen LogP contribution in [0.4, 0.5) is 0 Å². The van der Waals surface area contributed by atoms with Crippen molar-refractivity contribution in [3.8, 4) is 0 Å². The molecule has 1 heterocycles. The van der Waals surface area contributed by atoms with Crippen LogP contribution in [0.3, 0.4) is 0 Å². The van der Waals surface area contributed by atoms with Gasteiger partial charge in [0, 0.05) is 0 Å². The van der Waals surface area contributed by atoms with E-state index in [0.717, 1.165) is 0 Å². The highest BCUT2D eigenvalue weighted by atomic mass is 16.6. The fourth-order valence-electron chi connectivity index (χ4n) is 1.46. The molecule has 0 spiro atoms. The molecular formula is C8H17NO5. The molecule has 5 N–H and O–H groups in total. The van der Waals surface area contributed by atoms with Gasteiger partial charge in [0.15, 0.2) is 6.29 Å². The Labute approximate surface area is 82.1 Å². The minimum absolute atomic E-state index is 0.457. The Kier molecular flexibility index (Phi) is 4.24. The first-order chi connectivity index (χ1) is 6.57. The van der Waals surface area contributed by atoms with Crippen LogP contribution in [0.5, 0.6) is 0 Å². The van der Waals surface area contributed by atoms with Crippen molar-refractivity contribution in [1.82, 2.24) is 5.32 Å². The number of hydrogen-bond acceptors (Lipinski definition) is 6. The van der Waals surface area contributed by atoms with Crippen LogP contribution in [0, 0.1) is 0 Å². The lowest BCUT2D eigenvalue weighted by molar-refractivity contribution is -0.282. The molecule has 0 amide bonds. The lowest BCUT2D eigenvalue weighted by atomic mass is 9.97. The predicted octanol–water partition coefficient (Wildman–Crippen LogP) is -2.60. The van der Waals surface area contributed by atoms with E-state index in [1.165, 1.54) is 0 Å². The molecule has 0 aliphatic carbocycles. The second-order valence-electron chi connectivity index (χ2n) is 3.43. The van der Waals surface area contributed by atoms with Crippen LogP contribution < -0.4 is 5.32 Å². The summed E-state index contributed by atoms with van der Waals surface area (Å²) in [6.07, 6.45) is -5.61. The Bertz CT molecular complexity index is 179. The van der Waals surface area contributed by atoms with Crippen molar-refractivity contribution in [1.29, 1.82) is 0 Å². The molecule has 1 saturated heterocycles. The van der Waals surface area contributed by atoms with Gasteiger partial charge in [0.05, 0.1) is 6.10 Å². The summed E-state index contributed by atoms with van der Waals surface area (Å²) in [7, 11) is 1.75. The third kappa shape index (κ3) is 2.41. The van der Waals surface area contributed by atoms with Crippen LogP contribution in [0.1, 0.15) is 6.42 Å². The number of hydrogen-bond donors (Lipinski definition) is 5. The molecule has 6 nitrogen and oxygen atoms in total. The van der Waals surface area contributed by atoms with Gasteiger partial charge in [0.2, 0.25) is 0 Å². The molecule has 1 fully saturated rings. The molecule has 6 heteroatoms. The fraction of sp³-hybridized carbons (Fsp3) is 1.00. The van der Waals surface area contributed by atoms with E-state index in [-0.39, 0.29) is 0 Å². The molecule has 1 aliphatic heterocycles. The maximum Gasteiger partial charge on any atom is 0.183 e. The summed E-state index contributed by atoms with van der Waals surface area (Å²) in [6.45, 7) is 0.595. The SMILES string of the molecule is CNCC[C@H]1OC(O)[C@H](O)[C@@H](O)[C@@H]1O. The van der Waals surface area contributed by atoms with Gasteiger partial charge in [-0.1, -0.05) is 0 Å². The Hall–Kier alpha value is -0.240. The van der Waals surface area contributed by atoms with Crippen molar-refractivity contribution in [2.45, 2.75) is 37.1 Å². The third-order valence-corrected chi connectivity index (χ3v) is 2.37. The summed E-state index contributed by atoms with van der Waals surface area (Å²) >= 11 is 0. The smallest absolute Gasteiger partial charge is 0.183 e. The zero-order valence-corrected chi connectivity index (χ0v) is 8.00. The number of aliphatic hydroxyl groups is 4. The standard InChI is InChI=1S/C8H17NO5/c1-9-3-2-4-5(10)6(11)7(12)8(13)14-4/h4-13H,2-3H2,1H3/t4-,5-,6+,7-,8?/m1/s1. The van der Waals surface area contributed by atoms with E-state index in [4.69, 9.17) is 9.84 Å². The topological polar surface area (TPSA) is 102 Å². The van der Waals surface area contributed by atoms with Crippen LogP contribution in [-0.4, -0.2) is 64.7 Å². The predicted molar refractivity (Wildman–Crippen MR) is 47.4 cm³/mol. The second-order valence-corrected chi connectivity index (χ2v) is 3.43. The summed E-state index contributed by atoms with van der Waals surface area (Å²) in [6, 6.07) is 0. The molecule has 84 valence electrons. The number of nitrogens with one attached hydrogen (secondary N) is 1. The number of ether oxygens (including phenoxy) is 1. The van der Waals surface area contributed by atoms with Crippen LogP contribution in [0.15, 0.2) is 0 Å². The highest BCUT2D eigenvalue weighted by molar-refractivity contribution is 4.88. The molecule has 0 radical (unpaired) electrons. The first kappa shape index (κ1) is 11.8. The van der Waals surface area contributed by atoms with Crippen molar-refractivity contribution in [3.05, 3.63) is 0 Å². The van der Waals surface area contributed by atoms with E-state index in [0.29, 0.717) is 13.0 Å². The van der Waals surface area contributed by atoms with Crippen molar-refractivity contribution in [3.63, 3.8) is 0 Å². The van der Waals surface area contributed by atoms with Gasteiger partial charge in [0.25, 0.3) is 0 Å². The van der Waals surface area contributed by atoms with Gasteiger partial charge in [-0.2, -0.15) is 0 Å². The Morgan fingerprint density at radius 3 is 2.29 bits per heavy atom. The molecule has 1 rings (SSSR count). The summed E-state index contributed by atoms with van der Waals surface area (Å²) in [5.41, 5.74) is 0. The summed E-state index contributed by atoms with van der Waals surface area (Å²) < 4.78 is 4.94. The van der Waals surface area contributed by atoms with Gasteiger partial charge in [-0.05, 0) is 20.0 Å². The van der Waals surface area contributed by atoms with E-state index < -0.39 is 30.7 Å². The first-order valence-electron chi connectivity index (χ1n) is 4.60. The minimum atomic E-state index is -1.45.